The molecule has 12 heteroatoms. The minimum absolute atomic E-state index is 0.191. The molecule has 6 aromatic rings. The summed E-state index contributed by atoms with van der Waals surface area (Å²) in [7, 11) is 0. The van der Waals surface area contributed by atoms with Crippen LogP contribution < -0.4 is 5.32 Å². The second-order valence-corrected chi connectivity index (χ2v) is 15.6. The minimum atomic E-state index is -0.673. The largest absolute Gasteiger partial charge is 0.481 e. The van der Waals surface area contributed by atoms with Gasteiger partial charge in [-0.1, -0.05) is 24.3 Å². The number of nitrogens with one attached hydrogen (secondary N) is 1. The van der Waals surface area contributed by atoms with Crippen LogP contribution in [0.5, 0.6) is 0 Å². The normalized spacial score (nSPS) is 21.1. The number of rotatable bonds is 9. The lowest BCUT2D eigenvalue weighted by Gasteiger charge is -2.29. The Bertz CT molecular complexity index is 2560. The van der Waals surface area contributed by atoms with Crippen molar-refractivity contribution in [1.29, 1.82) is 5.26 Å². The molecule has 0 amide bonds. The Morgan fingerprint density at radius 2 is 1.69 bits per heavy atom. The molecule has 2 saturated heterocycles. The van der Waals surface area contributed by atoms with Gasteiger partial charge in [-0.05, 0) is 116 Å². The Balaban J connectivity index is 0.986. The Labute approximate surface area is 318 Å². The molecule has 1 unspecified atom stereocenters. The van der Waals surface area contributed by atoms with Crippen molar-refractivity contribution in [3.05, 3.63) is 94.4 Å². The van der Waals surface area contributed by atoms with E-state index in [1.165, 1.54) is 0 Å². The molecule has 5 heterocycles. The van der Waals surface area contributed by atoms with Gasteiger partial charge in [0.05, 0.1) is 22.6 Å². The van der Waals surface area contributed by atoms with Crippen LogP contribution in [0.3, 0.4) is 0 Å². The van der Waals surface area contributed by atoms with Crippen molar-refractivity contribution in [2.75, 3.05) is 31.5 Å². The van der Waals surface area contributed by atoms with Crippen LogP contribution in [0.1, 0.15) is 52.9 Å². The number of oxazole rings is 1. The number of β-amino-alcohol motifs (C(OH)–C–C–N with tert-alkyl or cyclic N) is 1. The van der Waals surface area contributed by atoms with Gasteiger partial charge in [0.25, 0.3) is 0 Å². The highest BCUT2D eigenvalue weighted by atomic mass is 16.4. The fourth-order valence-electron chi connectivity index (χ4n) is 8.75. The fourth-order valence-corrected chi connectivity index (χ4v) is 8.75. The Hall–Kier alpha value is -5.74. The monoisotopic (exact) mass is 734 g/mol. The summed E-state index contributed by atoms with van der Waals surface area (Å²) in [5.74, 6) is 1.25. The van der Waals surface area contributed by atoms with Crippen LogP contribution >= 0.6 is 0 Å². The second-order valence-electron chi connectivity index (χ2n) is 15.6. The molecular formula is C43H42N8O4. The quantitative estimate of drug-likeness (QED) is 0.141. The summed E-state index contributed by atoms with van der Waals surface area (Å²) >= 11 is 0. The van der Waals surface area contributed by atoms with Crippen LogP contribution in [0.15, 0.2) is 65.2 Å². The highest BCUT2D eigenvalue weighted by Gasteiger charge is 2.62. The molecule has 3 atom stereocenters. The predicted molar refractivity (Wildman–Crippen MR) is 208 cm³/mol. The molecule has 1 saturated carbocycles. The molecule has 3 aromatic heterocycles. The molecule has 9 rings (SSSR count). The first kappa shape index (κ1) is 35.0. The number of benzene rings is 3. The number of carboxylic acid groups (broad SMARTS) is 1. The number of carboxylic acids is 1. The first-order valence-corrected chi connectivity index (χ1v) is 18.9. The molecule has 278 valence electrons. The number of carbonyl (C=O) groups is 1. The molecule has 0 bridgehead atoms. The van der Waals surface area contributed by atoms with Crippen LogP contribution in [-0.2, 0) is 17.9 Å². The van der Waals surface area contributed by atoms with Crippen LogP contribution in [0.2, 0.25) is 0 Å². The molecule has 0 radical (unpaired) electrons. The number of nitrogens with zero attached hydrogens (tertiary/aromatic N) is 7. The van der Waals surface area contributed by atoms with Gasteiger partial charge in [-0.2, -0.15) is 5.26 Å². The number of anilines is 2. The van der Waals surface area contributed by atoms with E-state index in [1.54, 1.807) is 0 Å². The van der Waals surface area contributed by atoms with Crippen molar-refractivity contribution < 1.29 is 19.4 Å². The van der Waals surface area contributed by atoms with Crippen LogP contribution in [-0.4, -0.2) is 78.2 Å². The van der Waals surface area contributed by atoms with Crippen molar-refractivity contribution in [2.45, 2.75) is 59.2 Å². The van der Waals surface area contributed by atoms with E-state index in [9.17, 15) is 20.3 Å². The van der Waals surface area contributed by atoms with Crippen LogP contribution in [0, 0.1) is 43.4 Å². The summed E-state index contributed by atoms with van der Waals surface area (Å²) in [5.41, 5.74) is 10.3. The van der Waals surface area contributed by atoms with Crippen LogP contribution in [0.25, 0.3) is 44.7 Å². The van der Waals surface area contributed by atoms with E-state index >= 15 is 0 Å². The van der Waals surface area contributed by atoms with Gasteiger partial charge in [-0.25, -0.2) is 15.0 Å². The third-order valence-electron chi connectivity index (χ3n) is 11.9. The number of hydrogen-bond acceptors (Lipinski definition) is 11. The molecule has 55 heavy (non-hydrogen) atoms. The molecule has 2 aliphatic heterocycles. The first-order chi connectivity index (χ1) is 26.6. The fraction of sp³-hybridized carbons (Fsp3) is 0.349. The van der Waals surface area contributed by atoms with Gasteiger partial charge in [-0.15, -0.1) is 0 Å². The maximum atomic E-state index is 11.8. The van der Waals surface area contributed by atoms with Crippen LogP contribution in [0.4, 0.5) is 11.5 Å². The third kappa shape index (κ3) is 6.38. The zero-order valence-corrected chi connectivity index (χ0v) is 31.1. The maximum absolute atomic E-state index is 11.8. The first-order valence-electron chi connectivity index (χ1n) is 18.9. The molecular weight excluding hydrogens is 693 g/mol. The van der Waals surface area contributed by atoms with E-state index in [2.05, 4.69) is 53.2 Å². The van der Waals surface area contributed by atoms with E-state index in [-0.39, 0.29) is 12.0 Å². The molecule has 3 N–H and O–H groups in total. The number of aliphatic carboxylic acids is 1. The van der Waals surface area contributed by atoms with Crippen molar-refractivity contribution in [3.8, 4) is 28.7 Å². The molecule has 3 fully saturated rings. The van der Waals surface area contributed by atoms with Gasteiger partial charge in [0.2, 0.25) is 5.89 Å². The van der Waals surface area contributed by atoms with E-state index in [0.29, 0.717) is 72.3 Å². The number of nitriles is 1. The van der Waals surface area contributed by atoms with E-state index in [1.807, 2.05) is 49.5 Å². The van der Waals surface area contributed by atoms with Crippen molar-refractivity contribution in [2.24, 2.45) is 11.3 Å². The average molecular weight is 735 g/mol. The number of aliphatic hydroxyl groups excluding tert-OH is 1. The van der Waals surface area contributed by atoms with Crippen molar-refractivity contribution >= 4 is 39.6 Å². The Morgan fingerprint density at radius 1 is 0.945 bits per heavy atom. The summed E-state index contributed by atoms with van der Waals surface area (Å²) in [5, 5.41) is 33.3. The summed E-state index contributed by atoms with van der Waals surface area (Å²) < 4.78 is 6.33. The van der Waals surface area contributed by atoms with E-state index in [4.69, 9.17) is 24.4 Å². The maximum Gasteiger partial charge on any atom is 0.310 e. The van der Waals surface area contributed by atoms with Gasteiger partial charge in [-0.3, -0.25) is 19.6 Å². The number of fused-ring (bicyclic) bond motifs is 3. The topological polar surface area (TPSA) is 165 Å². The van der Waals surface area contributed by atoms with Gasteiger partial charge in [0.15, 0.2) is 11.4 Å². The van der Waals surface area contributed by atoms with Crippen molar-refractivity contribution in [1.82, 2.24) is 29.7 Å². The zero-order valence-electron chi connectivity index (χ0n) is 31.1. The summed E-state index contributed by atoms with van der Waals surface area (Å²) in [6.07, 6.45) is 3.80. The highest BCUT2D eigenvalue weighted by molar-refractivity contribution is 5.90. The summed E-state index contributed by atoms with van der Waals surface area (Å²) in [6, 6.07) is 20.5. The van der Waals surface area contributed by atoms with Gasteiger partial charge in [0, 0.05) is 50.2 Å². The number of hydrogen-bond donors (Lipinski definition) is 3. The van der Waals surface area contributed by atoms with Crippen molar-refractivity contribution in [3.63, 3.8) is 0 Å². The third-order valence-corrected chi connectivity index (χ3v) is 11.9. The average Bonchev–Trinajstić information content (AvgIpc) is 3.53. The minimum Gasteiger partial charge on any atom is -0.481 e. The predicted octanol–water partition coefficient (Wildman–Crippen LogP) is 6.90. The molecule has 3 aromatic carbocycles. The van der Waals surface area contributed by atoms with Gasteiger partial charge in [0.1, 0.15) is 22.9 Å². The zero-order chi connectivity index (χ0) is 38.0. The molecule has 3 aliphatic rings. The van der Waals surface area contributed by atoms with E-state index < -0.39 is 11.4 Å². The number of aryl methyl sites for hydroxylation is 1. The van der Waals surface area contributed by atoms with Gasteiger partial charge >= 0.3 is 5.97 Å². The van der Waals surface area contributed by atoms with Gasteiger partial charge < -0.3 is 19.9 Å². The Kier molecular flexibility index (Phi) is 8.61. The molecule has 12 nitrogen and oxygen atoms in total. The highest BCUT2D eigenvalue weighted by Crippen LogP contribution is 2.58. The second kappa shape index (κ2) is 13.5. The Morgan fingerprint density at radius 3 is 2.45 bits per heavy atom. The number of pyridine rings is 1. The number of likely N-dealkylation sites (tertiary alicyclic amines) is 2. The molecule has 1 aliphatic carbocycles. The smallest absolute Gasteiger partial charge is 0.310 e. The number of piperidine rings is 1. The summed E-state index contributed by atoms with van der Waals surface area (Å²) in [6.45, 7) is 10.4. The lowest BCUT2D eigenvalue weighted by Crippen LogP contribution is -2.37. The van der Waals surface area contributed by atoms with E-state index in [0.717, 1.165) is 76.1 Å². The SMILES string of the molecule is Cc1nc(Nc2cccc(-c3cccc(-c4nc5cc(CN6CC[C@@]7(C(=O)O)CC7C6)cc(C#N)c5o4)c3C)c2C)c2ncc(CN3CC[C@@H](O)C3)cc2n1. The standard InChI is InChI=1S/C43H42N8O4/c1-24-32(33-7-5-9-35(25(33)2)48-40-38-36(46-26(3)47-40)16-28(19-45-38)21-50-12-10-31(52)23-50)6-4-8-34(24)41-49-37-15-27(14-29(18-44)39(37)55-41)20-51-13-11-43(42(53)54)17-30(43)22-51/h4-9,14-16,19,30-31,52H,10-13,17,20-23H2,1-3H3,(H,53,54)(H,46,47,48)/t30?,31-,43-/m1/s1. The number of aromatic nitrogens is 4. The lowest BCUT2D eigenvalue weighted by atomic mass is 9.93. The lowest BCUT2D eigenvalue weighted by molar-refractivity contribution is -0.145. The summed E-state index contributed by atoms with van der Waals surface area (Å²) in [4.78, 5) is 35.4. The number of aliphatic hydroxyl groups is 1. The molecule has 0 spiro atoms.